The van der Waals surface area contributed by atoms with Crippen LogP contribution in [0.5, 0.6) is 0 Å². The molecule has 0 aliphatic carbocycles. The van der Waals surface area contributed by atoms with Crippen molar-refractivity contribution in [1.29, 1.82) is 0 Å². The summed E-state index contributed by atoms with van der Waals surface area (Å²) in [6.07, 6.45) is 7.51. The summed E-state index contributed by atoms with van der Waals surface area (Å²) >= 11 is 0. The van der Waals surface area contributed by atoms with Crippen LogP contribution in [0, 0.1) is 0 Å². The van der Waals surface area contributed by atoms with Crippen molar-refractivity contribution in [2.24, 2.45) is 5.73 Å². The predicted octanol–water partition coefficient (Wildman–Crippen LogP) is 5.01. The van der Waals surface area contributed by atoms with E-state index in [0.717, 1.165) is 24.4 Å². The Morgan fingerprint density at radius 2 is 1.90 bits per heavy atom. The van der Waals surface area contributed by atoms with Crippen LogP contribution in [0.3, 0.4) is 0 Å². The van der Waals surface area contributed by atoms with Crippen molar-refractivity contribution >= 4 is 11.7 Å². The van der Waals surface area contributed by atoms with Gasteiger partial charge in [0.2, 0.25) is 0 Å². The Labute approximate surface area is 178 Å². The molecular formula is C23H31N5O2. The van der Waals surface area contributed by atoms with Crippen LogP contribution < -0.4 is 11.1 Å². The van der Waals surface area contributed by atoms with Gasteiger partial charge in [0.25, 0.3) is 5.91 Å². The molecule has 0 saturated heterocycles. The Hall–Kier alpha value is -3.48. The molecule has 3 N–H and O–H groups in total. The monoisotopic (exact) mass is 409 g/mol. The second-order valence-corrected chi connectivity index (χ2v) is 5.85. The van der Waals surface area contributed by atoms with Crippen molar-refractivity contribution < 1.29 is 9.32 Å². The number of primary amides is 1. The van der Waals surface area contributed by atoms with Crippen molar-refractivity contribution in [3.05, 3.63) is 71.9 Å². The first-order valence-electron chi connectivity index (χ1n) is 10.1. The van der Waals surface area contributed by atoms with Crippen LogP contribution in [-0.2, 0) is 12.8 Å². The van der Waals surface area contributed by atoms with E-state index >= 15 is 0 Å². The Kier molecular flexibility index (Phi) is 11.2. The zero-order valence-corrected chi connectivity index (χ0v) is 18.3. The predicted molar refractivity (Wildman–Crippen MR) is 121 cm³/mol. The lowest BCUT2D eigenvalue weighted by Gasteiger charge is -1.99. The fourth-order valence-corrected chi connectivity index (χ4v) is 2.20. The third-order valence-electron chi connectivity index (χ3n) is 3.80. The number of carbonyl (C=O) groups excluding carboxylic acids is 1. The molecule has 3 rings (SSSR count). The minimum Gasteiger partial charge on any atom is -0.364 e. The molecule has 1 amide bonds. The maximum absolute atomic E-state index is 11.0. The van der Waals surface area contributed by atoms with Gasteiger partial charge in [0.05, 0.1) is 5.69 Å². The number of hydrogen-bond acceptors (Lipinski definition) is 6. The number of hydrogen-bond donors (Lipinski definition) is 2. The highest BCUT2D eigenvalue weighted by atomic mass is 16.5. The number of rotatable bonds is 6. The van der Waals surface area contributed by atoms with E-state index in [2.05, 4.69) is 33.4 Å². The third kappa shape index (κ3) is 7.87. The summed E-state index contributed by atoms with van der Waals surface area (Å²) in [5.41, 5.74) is 7.83. The van der Waals surface area contributed by atoms with Gasteiger partial charge in [-0.15, -0.1) is 0 Å². The standard InChI is InChI=1S/C11H11N3O2.C10H14N2.C2H6/c1-2-7-6-10(14-16-7)8-4-3-5-9(13-8)11(12)15;1-3-7-11-10-6-5-9(4-2)8-12-10;1-2/h3-6H,2H2,1H3,(H2,12,15);3,5-8H,4H2,1-2H3,(H,11,12);1-2H3. The SMILES string of the molecule is CC.CC=CNc1ccc(CC)cn1.CCc1cc(-c2cccc(C(N)=O)n2)no1. The fraction of sp³-hybridized carbons (Fsp3) is 0.304. The minimum atomic E-state index is -0.555. The number of aryl methyl sites for hydroxylation is 2. The van der Waals surface area contributed by atoms with Gasteiger partial charge >= 0.3 is 0 Å². The van der Waals surface area contributed by atoms with Gasteiger partial charge < -0.3 is 15.6 Å². The second-order valence-electron chi connectivity index (χ2n) is 5.85. The summed E-state index contributed by atoms with van der Waals surface area (Å²) in [7, 11) is 0. The molecule has 30 heavy (non-hydrogen) atoms. The molecule has 3 heterocycles. The molecule has 160 valence electrons. The number of allylic oxidation sites excluding steroid dienone is 1. The number of aromatic nitrogens is 3. The topological polar surface area (TPSA) is 107 Å². The lowest BCUT2D eigenvalue weighted by atomic mass is 10.2. The summed E-state index contributed by atoms with van der Waals surface area (Å²) in [6.45, 7) is 10.1. The number of nitrogens with one attached hydrogen (secondary N) is 1. The Bertz CT molecular complexity index is 917. The molecule has 0 bridgehead atoms. The van der Waals surface area contributed by atoms with Crippen LogP contribution in [0.2, 0.25) is 0 Å². The average molecular weight is 410 g/mol. The molecule has 0 unspecified atom stereocenters. The smallest absolute Gasteiger partial charge is 0.267 e. The molecule has 0 aliphatic heterocycles. The van der Waals surface area contributed by atoms with E-state index in [1.54, 1.807) is 24.3 Å². The molecule has 0 spiro atoms. The summed E-state index contributed by atoms with van der Waals surface area (Å²) in [5, 5.41) is 6.92. The van der Waals surface area contributed by atoms with Crippen molar-refractivity contribution in [3.63, 3.8) is 0 Å². The van der Waals surface area contributed by atoms with Crippen LogP contribution >= 0.6 is 0 Å². The molecule has 7 heteroatoms. The maximum atomic E-state index is 11.0. The number of nitrogens with two attached hydrogens (primary N) is 1. The highest BCUT2D eigenvalue weighted by molar-refractivity contribution is 5.91. The highest BCUT2D eigenvalue weighted by Gasteiger charge is 2.09. The van der Waals surface area contributed by atoms with E-state index in [1.807, 2.05) is 52.2 Å². The number of amides is 1. The Morgan fingerprint density at radius 1 is 1.13 bits per heavy atom. The molecule has 0 radical (unpaired) electrons. The normalized spacial score (nSPS) is 9.90. The van der Waals surface area contributed by atoms with Gasteiger partial charge in [-0.05, 0) is 43.3 Å². The van der Waals surface area contributed by atoms with E-state index in [9.17, 15) is 4.79 Å². The largest absolute Gasteiger partial charge is 0.364 e. The van der Waals surface area contributed by atoms with Crippen LogP contribution in [0.1, 0.15) is 56.4 Å². The molecule has 3 aromatic heterocycles. The van der Waals surface area contributed by atoms with Crippen LogP contribution in [0.25, 0.3) is 11.4 Å². The van der Waals surface area contributed by atoms with Gasteiger partial charge in [-0.2, -0.15) is 0 Å². The van der Waals surface area contributed by atoms with Crippen LogP contribution in [-0.4, -0.2) is 21.0 Å². The first-order chi connectivity index (χ1) is 14.6. The Balaban J connectivity index is 0.000000287. The van der Waals surface area contributed by atoms with Gasteiger partial charge in [-0.25, -0.2) is 9.97 Å². The first-order valence-corrected chi connectivity index (χ1v) is 10.1. The zero-order chi connectivity index (χ0) is 22.4. The quantitative estimate of drug-likeness (QED) is 0.592. The van der Waals surface area contributed by atoms with Gasteiger partial charge in [-0.3, -0.25) is 4.79 Å². The maximum Gasteiger partial charge on any atom is 0.267 e. The van der Waals surface area contributed by atoms with Crippen molar-refractivity contribution in [2.75, 3.05) is 5.32 Å². The highest BCUT2D eigenvalue weighted by Crippen LogP contribution is 2.17. The van der Waals surface area contributed by atoms with E-state index in [4.69, 9.17) is 10.3 Å². The summed E-state index contributed by atoms with van der Waals surface area (Å²) in [5.74, 6) is 1.12. The van der Waals surface area contributed by atoms with Gasteiger partial charge in [0, 0.05) is 18.7 Å². The number of anilines is 1. The van der Waals surface area contributed by atoms with E-state index in [0.29, 0.717) is 11.4 Å². The van der Waals surface area contributed by atoms with Crippen molar-refractivity contribution in [3.8, 4) is 11.4 Å². The van der Waals surface area contributed by atoms with E-state index < -0.39 is 5.91 Å². The van der Waals surface area contributed by atoms with Gasteiger partial charge in [0.15, 0.2) is 0 Å². The lowest BCUT2D eigenvalue weighted by molar-refractivity contribution is 0.0995. The molecule has 0 fully saturated rings. The number of nitrogens with zero attached hydrogens (tertiary/aromatic N) is 3. The van der Waals surface area contributed by atoms with Gasteiger partial charge in [0.1, 0.15) is 23.0 Å². The van der Waals surface area contributed by atoms with E-state index in [-0.39, 0.29) is 5.69 Å². The second kappa shape index (κ2) is 13.7. The van der Waals surface area contributed by atoms with Gasteiger partial charge in [-0.1, -0.05) is 51.1 Å². The molecule has 3 aromatic rings. The number of carbonyl (C=O) groups is 1. The fourth-order valence-electron chi connectivity index (χ4n) is 2.20. The average Bonchev–Trinajstić information content (AvgIpc) is 3.29. The third-order valence-corrected chi connectivity index (χ3v) is 3.80. The van der Waals surface area contributed by atoms with E-state index in [1.165, 1.54) is 5.56 Å². The molecule has 0 aliphatic rings. The Morgan fingerprint density at radius 3 is 2.43 bits per heavy atom. The summed E-state index contributed by atoms with van der Waals surface area (Å²) in [4.78, 5) is 19.3. The van der Waals surface area contributed by atoms with Crippen LogP contribution in [0.4, 0.5) is 5.82 Å². The van der Waals surface area contributed by atoms with Crippen molar-refractivity contribution in [2.45, 2.75) is 47.5 Å². The van der Waals surface area contributed by atoms with Crippen molar-refractivity contribution in [1.82, 2.24) is 15.1 Å². The molecule has 0 saturated carbocycles. The molecule has 0 aromatic carbocycles. The molecule has 0 atom stereocenters. The van der Waals surface area contributed by atoms with Crippen LogP contribution in [0.15, 0.2) is 59.4 Å². The summed E-state index contributed by atoms with van der Waals surface area (Å²) in [6, 6.07) is 10.9. The molecule has 7 nitrogen and oxygen atoms in total. The first kappa shape index (κ1) is 24.6. The lowest BCUT2D eigenvalue weighted by Crippen LogP contribution is -2.13. The summed E-state index contributed by atoms with van der Waals surface area (Å²) < 4.78 is 5.06. The zero-order valence-electron chi connectivity index (χ0n) is 18.3. The minimum absolute atomic E-state index is 0.221. The molecular weight excluding hydrogens is 378 g/mol. The number of pyridine rings is 2.